The number of aliphatic hydroxyl groups is 3. The van der Waals surface area contributed by atoms with Crippen molar-refractivity contribution in [2.45, 2.75) is 77.5 Å². The largest absolute Gasteiger partial charge is 0.459 e. The van der Waals surface area contributed by atoms with Crippen LogP contribution in [0.25, 0.3) is 6.08 Å². The van der Waals surface area contributed by atoms with Crippen molar-refractivity contribution >= 4 is 42.7 Å². The first-order valence-corrected chi connectivity index (χ1v) is 19.9. The lowest BCUT2D eigenvalue weighted by atomic mass is 9.68. The Morgan fingerprint density at radius 2 is 1.62 bits per heavy atom. The Labute approximate surface area is 306 Å². The summed E-state index contributed by atoms with van der Waals surface area (Å²) in [7, 11) is -1.96. The molecule has 1 saturated heterocycles. The van der Waals surface area contributed by atoms with Crippen LogP contribution in [0.3, 0.4) is 0 Å². The molecule has 10 nitrogen and oxygen atoms in total. The van der Waals surface area contributed by atoms with Crippen LogP contribution < -0.4 is 10.4 Å². The molecule has 0 saturated carbocycles. The topological polar surface area (TPSA) is 147 Å². The molecule has 0 unspecified atom stereocenters. The van der Waals surface area contributed by atoms with Crippen molar-refractivity contribution in [1.29, 1.82) is 0 Å². The van der Waals surface area contributed by atoms with Crippen LogP contribution in [0.5, 0.6) is 0 Å². The number of allylic oxidation sites excluding steroid dienone is 1. The first kappa shape index (κ1) is 39.1. The quantitative estimate of drug-likeness (QED) is 0.114. The van der Waals surface area contributed by atoms with Gasteiger partial charge < -0.3 is 28.9 Å². The highest BCUT2D eigenvalue weighted by atomic mass is 28.4. The second kappa shape index (κ2) is 16.7. The maximum atomic E-state index is 13.7. The minimum absolute atomic E-state index is 0.0487. The van der Waals surface area contributed by atoms with Gasteiger partial charge in [-0.3, -0.25) is 9.59 Å². The van der Waals surface area contributed by atoms with Crippen molar-refractivity contribution in [2.24, 2.45) is 17.8 Å². The molecule has 1 fully saturated rings. The zero-order valence-corrected chi connectivity index (χ0v) is 31.7. The lowest BCUT2D eigenvalue weighted by Gasteiger charge is -2.44. The van der Waals surface area contributed by atoms with Gasteiger partial charge in [0.25, 0.3) is 8.32 Å². The molecular formula is C41H51NO9Si. The van der Waals surface area contributed by atoms with Crippen LogP contribution in [0.1, 0.15) is 71.3 Å². The molecular weight excluding hydrogens is 679 g/mol. The Bertz CT molecular complexity index is 1740. The number of ether oxygens (including phenoxy) is 1. The van der Waals surface area contributed by atoms with Gasteiger partial charge in [-0.1, -0.05) is 100 Å². The number of rotatable bonds is 14. The van der Waals surface area contributed by atoms with Crippen molar-refractivity contribution in [3.8, 4) is 0 Å². The summed E-state index contributed by atoms with van der Waals surface area (Å²) in [5.41, 5.74) is 2.16. The third-order valence-electron chi connectivity index (χ3n) is 10.5. The Hall–Kier alpha value is -4.13. The average Bonchev–Trinajstić information content (AvgIpc) is 3.70. The van der Waals surface area contributed by atoms with Gasteiger partial charge in [0.2, 0.25) is 11.8 Å². The van der Waals surface area contributed by atoms with Crippen LogP contribution in [0, 0.1) is 17.8 Å². The molecule has 3 aromatic rings. The average molecular weight is 730 g/mol. The molecule has 11 heteroatoms. The van der Waals surface area contributed by atoms with Crippen LogP contribution in [-0.2, 0) is 25.4 Å². The lowest BCUT2D eigenvalue weighted by molar-refractivity contribution is -0.137. The normalized spacial score (nSPS) is 20.3. The minimum atomic E-state index is -3.07. The molecule has 3 N–H and O–H groups in total. The first-order chi connectivity index (χ1) is 24.9. The monoisotopic (exact) mass is 729 g/mol. The molecule has 4 atom stereocenters. The van der Waals surface area contributed by atoms with Crippen molar-refractivity contribution in [2.75, 3.05) is 20.3 Å². The number of hydrogen-bond acceptors (Lipinski definition) is 9. The van der Waals surface area contributed by atoms with Gasteiger partial charge in [0.05, 0.1) is 38.3 Å². The van der Waals surface area contributed by atoms with Gasteiger partial charge in [-0.15, -0.1) is 0 Å². The molecule has 2 aromatic carbocycles. The number of nitrogens with zero attached hydrogens (tertiary/aromatic N) is 1. The fourth-order valence-electron chi connectivity index (χ4n) is 8.15. The van der Waals surface area contributed by atoms with E-state index in [1.807, 2.05) is 42.5 Å². The molecule has 1 aromatic heterocycles. The van der Waals surface area contributed by atoms with Crippen LogP contribution >= 0.6 is 0 Å². The molecule has 278 valence electrons. The van der Waals surface area contributed by atoms with E-state index in [0.29, 0.717) is 34.0 Å². The summed E-state index contributed by atoms with van der Waals surface area (Å²) >= 11 is 0. The van der Waals surface area contributed by atoms with Crippen molar-refractivity contribution in [3.63, 3.8) is 0 Å². The number of amides is 3. The summed E-state index contributed by atoms with van der Waals surface area (Å²) in [5, 5.41) is 34.2. The van der Waals surface area contributed by atoms with Gasteiger partial charge >= 0.3 is 6.09 Å². The number of fused-ring (bicyclic) bond motifs is 1. The van der Waals surface area contributed by atoms with Crippen LogP contribution in [0.2, 0.25) is 5.04 Å². The van der Waals surface area contributed by atoms with E-state index in [1.165, 1.54) is 0 Å². The zero-order chi connectivity index (χ0) is 37.6. The van der Waals surface area contributed by atoms with E-state index < -0.39 is 56.7 Å². The van der Waals surface area contributed by atoms with E-state index in [2.05, 4.69) is 52.0 Å². The molecule has 5 rings (SSSR count). The highest BCUT2D eigenvalue weighted by molar-refractivity contribution is 6.99. The summed E-state index contributed by atoms with van der Waals surface area (Å²) in [6.07, 6.45) is 2.22. The number of carbonyl (C=O) groups excluding carboxylic acids is 3. The number of hydrogen-bond donors (Lipinski definition) is 3. The lowest BCUT2D eigenvalue weighted by Crippen LogP contribution is -2.66. The van der Waals surface area contributed by atoms with Gasteiger partial charge in [0, 0.05) is 5.92 Å². The maximum absolute atomic E-state index is 13.7. The molecule has 2 heterocycles. The van der Waals surface area contributed by atoms with Crippen LogP contribution in [-0.4, -0.2) is 72.9 Å². The smallest absolute Gasteiger partial charge is 0.423 e. The van der Waals surface area contributed by atoms with Gasteiger partial charge in [-0.25, -0.2) is 4.79 Å². The summed E-state index contributed by atoms with van der Waals surface area (Å²) in [6, 6.07) is 23.8. The standard InChI is InChI=1S/C41H51NO9Si/c1-6-13-27(22-29-19-20-30(24-43)51-29)18-21-35(45)36-28(23-33-37(34(36)25-44)39(47)42(38(33)46)40(48)49-5)26-50-52(41(2,3)4,31-14-9-7-10-15-31)32-16-11-8-12-17-32/h7-12,14-17,19-20,22,33-35,37,43-45H,6,13,18,21,23-26H2,1-5H3/b27-22+/t33-,34+,35-,37-/m1/s1. The summed E-state index contributed by atoms with van der Waals surface area (Å²) in [4.78, 5) is 40.6. The summed E-state index contributed by atoms with van der Waals surface area (Å²) < 4.78 is 17.8. The van der Waals surface area contributed by atoms with Crippen LogP contribution in [0.15, 0.2) is 93.9 Å². The molecule has 3 amide bonds. The number of methoxy groups -OCH3 is 1. The maximum Gasteiger partial charge on any atom is 0.423 e. The van der Waals surface area contributed by atoms with E-state index in [0.717, 1.165) is 35.9 Å². The van der Waals surface area contributed by atoms with Gasteiger partial charge in [-0.2, -0.15) is 4.90 Å². The van der Waals surface area contributed by atoms with E-state index >= 15 is 0 Å². The molecule has 1 aliphatic carbocycles. The number of benzene rings is 2. The second-order valence-corrected chi connectivity index (χ2v) is 19.0. The van der Waals surface area contributed by atoms with Crippen molar-refractivity contribution in [3.05, 3.63) is 101 Å². The second-order valence-electron chi connectivity index (χ2n) is 14.7. The minimum Gasteiger partial charge on any atom is -0.459 e. The molecule has 0 spiro atoms. The first-order valence-electron chi connectivity index (χ1n) is 18.0. The third-order valence-corrected chi connectivity index (χ3v) is 15.5. The predicted octanol–water partition coefficient (Wildman–Crippen LogP) is 5.35. The van der Waals surface area contributed by atoms with Gasteiger partial charge in [0.1, 0.15) is 18.1 Å². The molecule has 0 bridgehead atoms. The molecule has 1 aliphatic heterocycles. The number of aliphatic hydroxyl groups excluding tert-OH is 3. The number of imide groups is 3. The summed E-state index contributed by atoms with van der Waals surface area (Å²) in [6.45, 7) is 7.87. The molecule has 52 heavy (non-hydrogen) atoms. The van der Waals surface area contributed by atoms with E-state index in [4.69, 9.17) is 13.6 Å². The number of carbonyl (C=O) groups is 3. The van der Waals surface area contributed by atoms with E-state index in [1.54, 1.807) is 12.1 Å². The Morgan fingerprint density at radius 1 is 0.981 bits per heavy atom. The Kier molecular flexibility index (Phi) is 12.5. The Balaban J connectivity index is 1.58. The van der Waals surface area contributed by atoms with Crippen molar-refractivity contribution in [1.82, 2.24) is 4.90 Å². The Morgan fingerprint density at radius 3 is 2.13 bits per heavy atom. The van der Waals surface area contributed by atoms with Gasteiger partial charge in [-0.05, 0) is 70.4 Å². The number of furan rings is 1. The zero-order valence-electron chi connectivity index (χ0n) is 30.7. The van der Waals surface area contributed by atoms with Gasteiger partial charge in [0.15, 0.2) is 0 Å². The van der Waals surface area contributed by atoms with Crippen molar-refractivity contribution < 1.29 is 43.3 Å². The SMILES string of the molecule is CCC/C(=C\c1ccc(CO)o1)CC[C@@H](O)C1=C(CO[Si](c2ccccc2)(c2ccccc2)C(C)(C)C)C[C@H]2C(=O)N(C(=O)OC)C(=O)[C@H]2[C@H]1CO. The molecule has 0 radical (unpaired) electrons. The highest BCUT2D eigenvalue weighted by Crippen LogP contribution is 2.47. The van der Waals surface area contributed by atoms with E-state index in [9.17, 15) is 29.7 Å². The highest BCUT2D eigenvalue weighted by Gasteiger charge is 2.58. The van der Waals surface area contributed by atoms with Crippen LogP contribution in [0.4, 0.5) is 4.79 Å². The van der Waals surface area contributed by atoms with E-state index in [-0.39, 0.29) is 31.1 Å². The predicted molar refractivity (Wildman–Crippen MR) is 200 cm³/mol. The molecule has 2 aliphatic rings. The third kappa shape index (κ3) is 7.65. The fraction of sp³-hybridized carbons (Fsp3) is 0.439. The fourth-order valence-corrected chi connectivity index (χ4v) is 12.7. The summed E-state index contributed by atoms with van der Waals surface area (Å²) in [5.74, 6) is -3.23. The number of likely N-dealkylation sites (tertiary alicyclic amines) is 1.